The second-order valence-corrected chi connectivity index (χ2v) is 4.14. The van der Waals surface area contributed by atoms with E-state index in [0.29, 0.717) is 5.92 Å². The van der Waals surface area contributed by atoms with Crippen LogP contribution in [0.15, 0.2) is 12.1 Å². The second-order valence-electron chi connectivity index (χ2n) is 4.14. The molecule has 1 aliphatic carbocycles. The second kappa shape index (κ2) is 4.05. The predicted molar refractivity (Wildman–Crippen MR) is 60.7 cm³/mol. The average molecular weight is 217 g/mol. The molecule has 1 fully saturated rings. The molecule has 0 radical (unpaired) electrons. The number of hydrogen-bond donors (Lipinski definition) is 0. The zero-order valence-electron chi connectivity index (χ0n) is 9.78. The highest BCUT2D eigenvalue weighted by Crippen LogP contribution is 2.49. The van der Waals surface area contributed by atoms with Gasteiger partial charge in [-0.05, 0) is 36.6 Å². The molecule has 0 bridgehead atoms. The lowest BCUT2D eigenvalue weighted by Crippen LogP contribution is -1.95. The van der Waals surface area contributed by atoms with Gasteiger partial charge in [-0.3, -0.25) is 0 Å². The quantitative estimate of drug-likeness (QED) is 0.781. The maximum atomic E-state index is 8.85. The lowest BCUT2D eigenvalue weighted by Gasteiger charge is -2.12. The van der Waals surface area contributed by atoms with Crippen molar-refractivity contribution in [3.63, 3.8) is 0 Å². The smallest absolute Gasteiger partial charge is 0.161 e. The van der Waals surface area contributed by atoms with Crippen LogP contribution in [0.4, 0.5) is 0 Å². The van der Waals surface area contributed by atoms with Crippen LogP contribution in [-0.4, -0.2) is 14.2 Å². The lowest BCUT2D eigenvalue weighted by atomic mass is 10.0. The molecular formula is C13H15NO2. The van der Waals surface area contributed by atoms with Crippen molar-refractivity contribution in [2.24, 2.45) is 5.92 Å². The van der Waals surface area contributed by atoms with E-state index < -0.39 is 0 Å². The molecule has 0 amide bonds. The van der Waals surface area contributed by atoms with Gasteiger partial charge < -0.3 is 9.47 Å². The summed E-state index contributed by atoms with van der Waals surface area (Å²) < 4.78 is 10.5. The molecule has 3 heteroatoms. The first-order chi connectivity index (χ1) is 7.71. The van der Waals surface area contributed by atoms with E-state index in [0.717, 1.165) is 17.9 Å². The van der Waals surface area contributed by atoms with Crippen LogP contribution in [-0.2, 0) is 0 Å². The van der Waals surface area contributed by atoms with Gasteiger partial charge in [-0.1, -0.05) is 0 Å². The minimum atomic E-state index is 0.178. The molecule has 1 saturated carbocycles. The van der Waals surface area contributed by atoms with E-state index in [1.54, 1.807) is 14.2 Å². The van der Waals surface area contributed by atoms with Crippen LogP contribution in [0, 0.1) is 24.2 Å². The molecule has 0 aromatic heterocycles. The van der Waals surface area contributed by atoms with E-state index in [1.807, 2.05) is 19.1 Å². The number of nitriles is 1. The monoisotopic (exact) mass is 217 g/mol. The summed E-state index contributed by atoms with van der Waals surface area (Å²) in [6.45, 7) is 2.05. The number of rotatable bonds is 3. The predicted octanol–water partition coefficient (Wildman–Crippen LogP) is 2.64. The summed E-state index contributed by atoms with van der Waals surface area (Å²) in [6.07, 6.45) is 0.965. The van der Waals surface area contributed by atoms with Crippen LogP contribution in [0.3, 0.4) is 0 Å². The van der Waals surface area contributed by atoms with Crippen LogP contribution in [0.25, 0.3) is 0 Å². The molecular weight excluding hydrogens is 202 g/mol. The van der Waals surface area contributed by atoms with Crippen LogP contribution in [0.5, 0.6) is 11.5 Å². The topological polar surface area (TPSA) is 42.2 Å². The number of benzene rings is 1. The van der Waals surface area contributed by atoms with Crippen LogP contribution in [0.1, 0.15) is 23.5 Å². The molecule has 2 unspecified atom stereocenters. The molecule has 0 saturated heterocycles. The summed E-state index contributed by atoms with van der Waals surface area (Å²) in [4.78, 5) is 0. The Morgan fingerprint density at radius 3 is 2.38 bits per heavy atom. The molecule has 1 aliphatic rings. The minimum absolute atomic E-state index is 0.178. The van der Waals surface area contributed by atoms with E-state index >= 15 is 0 Å². The fourth-order valence-corrected chi connectivity index (χ4v) is 2.08. The highest BCUT2D eigenvalue weighted by atomic mass is 16.5. The Labute approximate surface area is 95.6 Å². The number of ether oxygens (including phenoxy) is 2. The molecule has 16 heavy (non-hydrogen) atoms. The van der Waals surface area contributed by atoms with Crippen molar-refractivity contribution in [3.05, 3.63) is 23.3 Å². The van der Waals surface area contributed by atoms with E-state index in [4.69, 9.17) is 14.7 Å². The Morgan fingerprint density at radius 2 is 1.88 bits per heavy atom. The lowest BCUT2D eigenvalue weighted by molar-refractivity contribution is 0.354. The van der Waals surface area contributed by atoms with E-state index in [-0.39, 0.29) is 5.92 Å². The molecule has 84 valence electrons. The van der Waals surface area contributed by atoms with Gasteiger partial charge >= 0.3 is 0 Å². The molecule has 0 heterocycles. The first-order valence-electron chi connectivity index (χ1n) is 5.33. The average Bonchev–Trinajstić information content (AvgIpc) is 3.07. The normalized spacial score (nSPS) is 22.4. The van der Waals surface area contributed by atoms with Crippen molar-refractivity contribution < 1.29 is 9.47 Å². The number of methoxy groups -OCH3 is 2. The standard InChI is InChI=1S/C13H15NO2/c1-8-4-12(15-2)13(16-3)6-10(8)11-5-9(11)7-14/h4,6,9,11H,5H2,1-3H3. The van der Waals surface area contributed by atoms with Gasteiger partial charge in [-0.15, -0.1) is 0 Å². The van der Waals surface area contributed by atoms with Crippen LogP contribution >= 0.6 is 0 Å². The first kappa shape index (κ1) is 10.8. The third-order valence-corrected chi connectivity index (χ3v) is 3.13. The summed E-state index contributed by atoms with van der Waals surface area (Å²) in [5, 5.41) is 8.85. The van der Waals surface area contributed by atoms with E-state index in [2.05, 4.69) is 6.07 Å². The van der Waals surface area contributed by atoms with Crippen molar-refractivity contribution >= 4 is 0 Å². The molecule has 2 rings (SSSR count). The van der Waals surface area contributed by atoms with Gasteiger partial charge in [0, 0.05) is 5.92 Å². The van der Waals surface area contributed by atoms with Gasteiger partial charge in [0.15, 0.2) is 11.5 Å². The molecule has 0 N–H and O–H groups in total. The Balaban J connectivity index is 2.37. The SMILES string of the molecule is COc1cc(C)c(C2CC2C#N)cc1OC. The van der Waals surface area contributed by atoms with Gasteiger partial charge in [-0.25, -0.2) is 0 Å². The first-order valence-corrected chi connectivity index (χ1v) is 5.33. The zero-order valence-corrected chi connectivity index (χ0v) is 9.78. The van der Waals surface area contributed by atoms with Gasteiger partial charge in [0.25, 0.3) is 0 Å². The van der Waals surface area contributed by atoms with E-state index in [1.165, 1.54) is 11.1 Å². The maximum Gasteiger partial charge on any atom is 0.161 e. The summed E-state index contributed by atoms with van der Waals surface area (Å²) in [5.74, 6) is 2.05. The van der Waals surface area contributed by atoms with Gasteiger partial charge in [0.2, 0.25) is 0 Å². The highest BCUT2D eigenvalue weighted by Gasteiger charge is 2.39. The summed E-state index contributed by atoms with van der Waals surface area (Å²) >= 11 is 0. The molecule has 3 nitrogen and oxygen atoms in total. The molecule has 0 spiro atoms. The third kappa shape index (κ3) is 1.71. The third-order valence-electron chi connectivity index (χ3n) is 3.13. The fourth-order valence-electron chi connectivity index (χ4n) is 2.08. The summed E-state index contributed by atoms with van der Waals surface area (Å²) in [6, 6.07) is 6.28. The fraction of sp³-hybridized carbons (Fsp3) is 0.462. The number of nitrogens with zero attached hydrogens (tertiary/aromatic N) is 1. The van der Waals surface area contributed by atoms with Gasteiger partial charge in [0.1, 0.15) is 0 Å². The zero-order chi connectivity index (χ0) is 11.7. The van der Waals surface area contributed by atoms with Crippen molar-refractivity contribution in [2.45, 2.75) is 19.3 Å². The molecule has 2 atom stereocenters. The Hall–Kier alpha value is -1.69. The molecule has 1 aromatic carbocycles. The Morgan fingerprint density at radius 1 is 1.25 bits per heavy atom. The summed E-state index contributed by atoms with van der Waals surface area (Å²) in [7, 11) is 3.26. The summed E-state index contributed by atoms with van der Waals surface area (Å²) in [5.41, 5.74) is 2.38. The van der Waals surface area contributed by atoms with Crippen molar-refractivity contribution in [1.82, 2.24) is 0 Å². The number of hydrogen-bond acceptors (Lipinski definition) is 3. The molecule has 0 aliphatic heterocycles. The Kier molecular flexibility index (Phi) is 2.74. The Bertz CT molecular complexity index is 448. The van der Waals surface area contributed by atoms with Crippen LogP contribution < -0.4 is 9.47 Å². The maximum absolute atomic E-state index is 8.85. The van der Waals surface area contributed by atoms with Crippen LogP contribution in [0.2, 0.25) is 0 Å². The molecule has 1 aromatic rings. The highest BCUT2D eigenvalue weighted by molar-refractivity contribution is 5.50. The van der Waals surface area contributed by atoms with Crippen molar-refractivity contribution in [3.8, 4) is 17.6 Å². The van der Waals surface area contributed by atoms with Gasteiger partial charge in [0.05, 0.1) is 26.2 Å². The van der Waals surface area contributed by atoms with Crippen molar-refractivity contribution in [2.75, 3.05) is 14.2 Å². The van der Waals surface area contributed by atoms with E-state index in [9.17, 15) is 0 Å². The largest absolute Gasteiger partial charge is 0.493 e. The van der Waals surface area contributed by atoms with Crippen molar-refractivity contribution in [1.29, 1.82) is 5.26 Å². The minimum Gasteiger partial charge on any atom is -0.493 e. The number of aryl methyl sites for hydroxylation is 1. The van der Waals surface area contributed by atoms with Gasteiger partial charge in [-0.2, -0.15) is 5.26 Å².